The van der Waals surface area contributed by atoms with Crippen molar-refractivity contribution in [3.05, 3.63) is 29.8 Å². The maximum atomic E-state index is 11.6. The zero-order valence-corrected chi connectivity index (χ0v) is 9.10. The van der Waals surface area contributed by atoms with Crippen LogP contribution in [0.1, 0.15) is 23.2 Å². The van der Waals surface area contributed by atoms with Gasteiger partial charge in [-0.25, -0.2) is 4.79 Å². The smallest absolute Gasteiger partial charge is 0.339 e. The monoisotopic (exact) mass is 219 g/mol. The third kappa shape index (κ3) is 1.78. The van der Waals surface area contributed by atoms with Gasteiger partial charge in [-0.15, -0.1) is 0 Å². The number of hydrogen-bond acceptors (Lipinski definition) is 3. The number of anilines is 1. The van der Waals surface area contributed by atoms with Gasteiger partial charge < -0.3 is 9.64 Å². The van der Waals surface area contributed by atoms with Gasteiger partial charge in [0.2, 0.25) is 5.91 Å². The van der Waals surface area contributed by atoms with Crippen molar-refractivity contribution in [1.82, 2.24) is 0 Å². The third-order valence-corrected chi connectivity index (χ3v) is 2.67. The summed E-state index contributed by atoms with van der Waals surface area (Å²) in [5.74, 6) is -0.341. The summed E-state index contributed by atoms with van der Waals surface area (Å²) in [5, 5.41) is 0. The van der Waals surface area contributed by atoms with Gasteiger partial charge in [0.15, 0.2) is 0 Å². The van der Waals surface area contributed by atoms with Crippen LogP contribution in [0.25, 0.3) is 0 Å². The quantitative estimate of drug-likeness (QED) is 0.710. The second kappa shape index (κ2) is 4.35. The summed E-state index contributed by atoms with van der Waals surface area (Å²) in [4.78, 5) is 24.8. The van der Waals surface area contributed by atoms with Crippen molar-refractivity contribution in [2.24, 2.45) is 0 Å². The Kier molecular flexibility index (Phi) is 2.90. The molecular formula is C12H13NO3. The summed E-state index contributed by atoms with van der Waals surface area (Å²) in [6, 6.07) is 7.02. The number of amides is 1. The van der Waals surface area contributed by atoms with Gasteiger partial charge in [0.05, 0.1) is 18.4 Å². The first-order valence-electron chi connectivity index (χ1n) is 5.21. The zero-order valence-electron chi connectivity index (χ0n) is 9.10. The molecule has 1 aromatic carbocycles. The maximum absolute atomic E-state index is 11.6. The molecule has 4 nitrogen and oxygen atoms in total. The lowest BCUT2D eigenvalue weighted by Crippen LogP contribution is -2.25. The Balaban J connectivity index is 2.40. The highest BCUT2D eigenvalue weighted by atomic mass is 16.5. The molecule has 16 heavy (non-hydrogen) atoms. The molecule has 0 N–H and O–H groups in total. The number of ether oxygens (including phenoxy) is 1. The fraction of sp³-hybridized carbons (Fsp3) is 0.333. The van der Waals surface area contributed by atoms with E-state index in [0.29, 0.717) is 24.2 Å². The zero-order chi connectivity index (χ0) is 11.5. The van der Waals surface area contributed by atoms with Crippen LogP contribution in [0.2, 0.25) is 0 Å². The normalized spacial score (nSPS) is 15.3. The highest BCUT2D eigenvalue weighted by Crippen LogP contribution is 2.25. The van der Waals surface area contributed by atoms with Crippen LogP contribution in [0, 0.1) is 0 Å². The van der Waals surface area contributed by atoms with Crippen LogP contribution in [-0.4, -0.2) is 25.5 Å². The number of esters is 1. The van der Waals surface area contributed by atoms with Crippen molar-refractivity contribution < 1.29 is 14.3 Å². The topological polar surface area (TPSA) is 46.6 Å². The molecule has 1 aromatic rings. The predicted octanol–water partition coefficient (Wildman–Crippen LogP) is 1.60. The van der Waals surface area contributed by atoms with E-state index >= 15 is 0 Å². The Labute approximate surface area is 93.8 Å². The van der Waals surface area contributed by atoms with Gasteiger partial charge in [-0.2, -0.15) is 0 Å². The Hall–Kier alpha value is -1.84. The minimum absolute atomic E-state index is 0.0661. The third-order valence-electron chi connectivity index (χ3n) is 2.67. The molecule has 84 valence electrons. The molecule has 0 aliphatic carbocycles. The summed E-state index contributed by atoms with van der Waals surface area (Å²) in [6.07, 6.45) is 1.39. The van der Waals surface area contributed by atoms with E-state index in [-0.39, 0.29) is 5.91 Å². The first kappa shape index (κ1) is 10.7. The molecule has 0 bridgehead atoms. The highest BCUT2D eigenvalue weighted by molar-refractivity contribution is 6.03. The van der Waals surface area contributed by atoms with E-state index in [1.807, 2.05) is 6.07 Å². The van der Waals surface area contributed by atoms with E-state index in [1.54, 1.807) is 23.1 Å². The lowest BCUT2D eigenvalue weighted by molar-refractivity contribution is -0.117. The average Bonchev–Trinajstić information content (AvgIpc) is 2.74. The van der Waals surface area contributed by atoms with Gasteiger partial charge >= 0.3 is 5.97 Å². The van der Waals surface area contributed by atoms with Crippen LogP contribution in [-0.2, 0) is 9.53 Å². The fourth-order valence-electron chi connectivity index (χ4n) is 1.89. The first-order chi connectivity index (χ1) is 7.74. The fourth-order valence-corrected chi connectivity index (χ4v) is 1.89. The van der Waals surface area contributed by atoms with Gasteiger partial charge in [-0.05, 0) is 18.6 Å². The molecule has 1 saturated heterocycles. The van der Waals surface area contributed by atoms with Crippen molar-refractivity contribution in [2.45, 2.75) is 12.8 Å². The molecular weight excluding hydrogens is 206 g/mol. The molecule has 0 saturated carbocycles. The van der Waals surface area contributed by atoms with E-state index < -0.39 is 5.97 Å². The molecule has 0 radical (unpaired) electrons. The summed E-state index contributed by atoms with van der Waals surface area (Å²) in [7, 11) is 1.34. The molecule has 1 heterocycles. The maximum Gasteiger partial charge on any atom is 0.339 e. The number of nitrogens with zero attached hydrogens (tertiary/aromatic N) is 1. The van der Waals surface area contributed by atoms with Crippen LogP contribution >= 0.6 is 0 Å². The largest absolute Gasteiger partial charge is 0.465 e. The van der Waals surface area contributed by atoms with Crippen molar-refractivity contribution in [2.75, 3.05) is 18.6 Å². The van der Waals surface area contributed by atoms with E-state index in [2.05, 4.69) is 0 Å². The lowest BCUT2D eigenvalue weighted by Gasteiger charge is -2.18. The lowest BCUT2D eigenvalue weighted by atomic mass is 10.1. The Morgan fingerprint density at radius 2 is 2.12 bits per heavy atom. The summed E-state index contributed by atoms with van der Waals surface area (Å²) >= 11 is 0. The number of methoxy groups -OCH3 is 1. The van der Waals surface area contributed by atoms with Crippen LogP contribution < -0.4 is 4.90 Å². The molecule has 1 fully saturated rings. The van der Waals surface area contributed by atoms with Crippen LogP contribution in [0.4, 0.5) is 5.69 Å². The number of para-hydroxylation sites is 1. The summed E-state index contributed by atoms with van der Waals surface area (Å²) in [6.45, 7) is 0.673. The molecule has 0 spiro atoms. The summed E-state index contributed by atoms with van der Waals surface area (Å²) in [5.41, 5.74) is 1.09. The predicted molar refractivity (Wildman–Crippen MR) is 59.4 cm³/mol. The number of rotatable bonds is 2. The minimum Gasteiger partial charge on any atom is -0.465 e. The molecule has 1 aliphatic heterocycles. The molecule has 0 unspecified atom stereocenters. The molecule has 0 atom stereocenters. The number of hydrogen-bond donors (Lipinski definition) is 0. The number of carbonyl (C=O) groups excluding carboxylic acids is 2. The Morgan fingerprint density at radius 3 is 2.75 bits per heavy atom. The van der Waals surface area contributed by atoms with E-state index in [9.17, 15) is 9.59 Å². The molecule has 0 aromatic heterocycles. The highest BCUT2D eigenvalue weighted by Gasteiger charge is 2.25. The van der Waals surface area contributed by atoms with E-state index in [1.165, 1.54) is 7.11 Å². The number of carbonyl (C=O) groups is 2. The Bertz CT molecular complexity index is 428. The van der Waals surface area contributed by atoms with E-state index in [0.717, 1.165) is 6.42 Å². The molecule has 2 rings (SSSR count). The van der Waals surface area contributed by atoms with Gasteiger partial charge in [-0.3, -0.25) is 4.79 Å². The minimum atomic E-state index is -0.407. The van der Waals surface area contributed by atoms with Crippen molar-refractivity contribution in [1.29, 1.82) is 0 Å². The van der Waals surface area contributed by atoms with Gasteiger partial charge in [-0.1, -0.05) is 12.1 Å². The van der Waals surface area contributed by atoms with Crippen molar-refractivity contribution >= 4 is 17.6 Å². The summed E-state index contributed by atoms with van der Waals surface area (Å²) < 4.78 is 4.69. The van der Waals surface area contributed by atoms with Crippen LogP contribution in [0.15, 0.2) is 24.3 Å². The van der Waals surface area contributed by atoms with Gasteiger partial charge in [0.25, 0.3) is 0 Å². The van der Waals surface area contributed by atoms with E-state index in [4.69, 9.17) is 4.74 Å². The standard InChI is InChI=1S/C12H13NO3/c1-16-12(15)9-5-2-3-6-10(9)13-8-4-7-11(13)14/h2-3,5-6H,4,7-8H2,1H3. The van der Waals surface area contributed by atoms with Crippen LogP contribution in [0.3, 0.4) is 0 Å². The molecule has 4 heteroatoms. The van der Waals surface area contributed by atoms with Crippen molar-refractivity contribution in [3.63, 3.8) is 0 Å². The van der Waals surface area contributed by atoms with Crippen molar-refractivity contribution in [3.8, 4) is 0 Å². The van der Waals surface area contributed by atoms with Gasteiger partial charge in [0.1, 0.15) is 0 Å². The molecule has 1 amide bonds. The number of benzene rings is 1. The van der Waals surface area contributed by atoms with Crippen LogP contribution in [0.5, 0.6) is 0 Å². The van der Waals surface area contributed by atoms with Gasteiger partial charge in [0, 0.05) is 13.0 Å². The molecule has 1 aliphatic rings. The first-order valence-corrected chi connectivity index (χ1v) is 5.21. The second-order valence-corrected chi connectivity index (χ2v) is 3.66. The second-order valence-electron chi connectivity index (χ2n) is 3.66. The SMILES string of the molecule is COC(=O)c1ccccc1N1CCCC1=O. The Morgan fingerprint density at radius 1 is 1.38 bits per heavy atom. The average molecular weight is 219 g/mol.